The summed E-state index contributed by atoms with van der Waals surface area (Å²) in [5, 5.41) is 0. The van der Waals surface area contributed by atoms with Crippen LogP contribution in [0.3, 0.4) is 0 Å². The molecule has 0 bridgehead atoms. The van der Waals surface area contributed by atoms with E-state index in [0.29, 0.717) is 6.04 Å². The van der Waals surface area contributed by atoms with Gasteiger partial charge in [-0.1, -0.05) is 12.1 Å². The first-order valence-electron chi connectivity index (χ1n) is 9.08. The average molecular weight is 339 g/mol. The molecule has 0 amide bonds. The fraction of sp³-hybridized carbons (Fsp3) is 0.450. The zero-order valence-electron chi connectivity index (χ0n) is 14.9. The van der Waals surface area contributed by atoms with E-state index in [1.165, 1.54) is 12.8 Å². The van der Waals surface area contributed by atoms with Crippen molar-refractivity contribution in [3.05, 3.63) is 42.2 Å². The van der Waals surface area contributed by atoms with E-state index in [-0.39, 0.29) is 0 Å². The molecule has 4 rings (SSSR count). The van der Waals surface area contributed by atoms with E-state index >= 15 is 0 Å². The Bertz CT molecular complexity index is 852. The molecule has 1 atom stereocenters. The second kappa shape index (κ2) is 7.02. The summed E-state index contributed by atoms with van der Waals surface area (Å²) in [6.07, 6.45) is 2.44. The van der Waals surface area contributed by atoms with Gasteiger partial charge in [-0.25, -0.2) is 4.98 Å². The monoisotopic (exact) mass is 339 g/mol. The van der Waals surface area contributed by atoms with Gasteiger partial charge in [-0.05, 0) is 50.6 Å². The Hall–Kier alpha value is -2.11. The summed E-state index contributed by atoms with van der Waals surface area (Å²) in [6, 6.07) is 12.8. The van der Waals surface area contributed by atoms with Crippen LogP contribution in [0.2, 0.25) is 0 Å². The maximum Gasteiger partial charge on any atom is 0.176 e. The molecule has 1 fully saturated rings. The Morgan fingerprint density at radius 1 is 1.24 bits per heavy atom. The minimum absolute atomic E-state index is 0.504. The lowest BCUT2D eigenvalue weighted by molar-refractivity contribution is 0.0796. The highest BCUT2D eigenvalue weighted by Crippen LogP contribution is 2.27. The van der Waals surface area contributed by atoms with Crippen LogP contribution in [0.15, 0.2) is 40.8 Å². The van der Waals surface area contributed by atoms with E-state index in [1.54, 1.807) is 0 Å². The summed E-state index contributed by atoms with van der Waals surface area (Å²) in [7, 11) is 2.03. The minimum Gasteiger partial charge on any atom is -0.456 e. The van der Waals surface area contributed by atoms with Crippen LogP contribution < -0.4 is 0 Å². The van der Waals surface area contributed by atoms with E-state index in [2.05, 4.69) is 28.5 Å². The Morgan fingerprint density at radius 3 is 2.96 bits per heavy atom. The molecule has 1 aliphatic rings. The molecule has 1 aromatic carbocycles. The van der Waals surface area contributed by atoms with Gasteiger partial charge in [-0.2, -0.15) is 0 Å². The van der Waals surface area contributed by atoms with Crippen molar-refractivity contribution in [2.75, 3.05) is 19.8 Å². The predicted octanol–water partition coefficient (Wildman–Crippen LogP) is 3.83. The second-order valence-electron chi connectivity index (χ2n) is 6.68. The highest BCUT2D eigenvalue weighted by atomic mass is 16.5. The Kier molecular flexibility index (Phi) is 4.59. The zero-order chi connectivity index (χ0) is 17.2. The maximum atomic E-state index is 6.13. The highest BCUT2D eigenvalue weighted by Gasteiger charge is 2.25. The number of aryl methyl sites for hydroxylation is 1. The van der Waals surface area contributed by atoms with Crippen LogP contribution in [0, 0.1) is 0 Å². The fourth-order valence-electron chi connectivity index (χ4n) is 3.70. The number of hydrogen-bond donors (Lipinski definition) is 0. The van der Waals surface area contributed by atoms with E-state index in [0.717, 1.165) is 54.7 Å². The molecule has 1 aliphatic heterocycles. The Labute approximate surface area is 148 Å². The number of para-hydroxylation sites is 2. The minimum atomic E-state index is 0.504. The summed E-state index contributed by atoms with van der Waals surface area (Å²) in [4.78, 5) is 7.18. The molecule has 0 saturated carbocycles. The largest absolute Gasteiger partial charge is 0.456 e. The first kappa shape index (κ1) is 16.4. The molecule has 0 N–H and O–H groups in total. The zero-order valence-corrected chi connectivity index (χ0v) is 14.9. The quantitative estimate of drug-likeness (QED) is 0.684. The van der Waals surface area contributed by atoms with E-state index in [1.807, 2.05) is 31.3 Å². The van der Waals surface area contributed by atoms with Crippen LogP contribution >= 0.6 is 0 Å². The Balaban J connectivity index is 1.52. The molecule has 25 heavy (non-hydrogen) atoms. The number of likely N-dealkylation sites (tertiary alicyclic amines) is 1. The third-order valence-electron chi connectivity index (χ3n) is 5.04. The summed E-state index contributed by atoms with van der Waals surface area (Å²) in [5.41, 5.74) is 2.11. The molecule has 0 spiro atoms. The van der Waals surface area contributed by atoms with Gasteiger partial charge in [0.05, 0.1) is 24.2 Å². The molecule has 2 aromatic heterocycles. The average Bonchev–Trinajstić information content (AvgIpc) is 3.34. The summed E-state index contributed by atoms with van der Waals surface area (Å²) < 4.78 is 13.8. The van der Waals surface area contributed by atoms with E-state index in [9.17, 15) is 0 Å². The summed E-state index contributed by atoms with van der Waals surface area (Å²) in [5.74, 6) is 2.69. The normalized spacial score (nSPS) is 18.4. The fourth-order valence-corrected chi connectivity index (χ4v) is 3.70. The molecular formula is C20H25N3O2. The number of ether oxygens (including phenoxy) is 1. The van der Waals surface area contributed by atoms with Crippen molar-refractivity contribution >= 4 is 11.0 Å². The number of furan rings is 1. The van der Waals surface area contributed by atoms with Crippen molar-refractivity contribution < 1.29 is 9.15 Å². The van der Waals surface area contributed by atoms with Gasteiger partial charge in [0.25, 0.3) is 0 Å². The topological polar surface area (TPSA) is 43.4 Å². The molecule has 0 radical (unpaired) electrons. The lowest BCUT2D eigenvalue weighted by Gasteiger charge is -2.23. The van der Waals surface area contributed by atoms with E-state index < -0.39 is 0 Å². The molecular weight excluding hydrogens is 314 g/mol. The van der Waals surface area contributed by atoms with Crippen LogP contribution in [-0.2, 0) is 18.3 Å². The summed E-state index contributed by atoms with van der Waals surface area (Å²) in [6.45, 7) is 5.59. The van der Waals surface area contributed by atoms with Crippen molar-refractivity contribution in [2.45, 2.75) is 32.4 Å². The third kappa shape index (κ3) is 3.22. The molecule has 132 valence electrons. The lowest BCUT2D eigenvalue weighted by Crippen LogP contribution is -2.32. The predicted molar refractivity (Wildman–Crippen MR) is 98.3 cm³/mol. The van der Waals surface area contributed by atoms with Crippen LogP contribution in [0.5, 0.6) is 0 Å². The van der Waals surface area contributed by atoms with Crippen molar-refractivity contribution in [3.8, 4) is 11.6 Å². The first-order valence-corrected chi connectivity index (χ1v) is 9.08. The van der Waals surface area contributed by atoms with Crippen LogP contribution in [0.4, 0.5) is 0 Å². The summed E-state index contributed by atoms with van der Waals surface area (Å²) >= 11 is 0. The van der Waals surface area contributed by atoms with Gasteiger partial charge in [0.2, 0.25) is 0 Å². The number of hydrogen-bond acceptors (Lipinski definition) is 4. The Morgan fingerprint density at radius 2 is 2.12 bits per heavy atom. The van der Waals surface area contributed by atoms with Gasteiger partial charge >= 0.3 is 0 Å². The van der Waals surface area contributed by atoms with Crippen LogP contribution in [0.25, 0.3) is 22.6 Å². The molecule has 0 aliphatic carbocycles. The van der Waals surface area contributed by atoms with Crippen LogP contribution in [-0.4, -0.2) is 40.3 Å². The standard InChI is InChI=1S/C20H25N3O2/c1-3-24-14-15-7-6-12-23(15)13-16-10-11-19(25-16)20-21-17-8-4-5-9-18(17)22(20)2/h4-5,8-11,15H,3,6-7,12-14H2,1-2H3. The van der Waals surface area contributed by atoms with Gasteiger partial charge in [0.1, 0.15) is 5.76 Å². The van der Waals surface area contributed by atoms with Gasteiger partial charge in [-0.15, -0.1) is 0 Å². The van der Waals surface area contributed by atoms with Gasteiger partial charge in [0, 0.05) is 19.7 Å². The van der Waals surface area contributed by atoms with Gasteiger partial charge in [-0.3, -0.25) is 4.90 Å². The van der Waals surface area contributed by atoms with E-state index in [4.69, 9.17) is 14.1 Å². The number of nitrogens with zero attached hydrogens (tertiary/aromatic N) is 3. The SMILES string of the molecule is CCOCC1CCCN1Cc1ccc(-c2nc3ccccc3n2C)o1. The molecule has 3 aromatic rings. The van der Waals surface area contributed by atoms with Crippen molar-refractivity contribution in [1.82, 2.24) is 14.5 Å². The van der Waals surface area contributed by atoms with Gasteiger partial charge in [0.15, 0.2) is 11.6 Å². The number of imidazole rings is 1. The number of rotatable bonds is 6. The maximum absolute atomic E-state index is 6.13. The molecule has 3 heterocycles. The third-order valence-corrected chi connectivity index (χ3v) is 5.04. The van der Waals surface area contributed by atoms with Crippen molar-refractivity contribution in [3.63, 3.8) is 0 Å². The molecule has 5 nitrogen and oxygen atoms in total. The lowest BCUT2D eigenvalue weighted by atomic mass is 10.2. The van der Waals surface area contributed by atoms with Gasteiger partial charge < -0.3 is 13.7 Å². The first-order chi connectivity index (χ1) is 12.3. The second-order valence-corrected chi connectivity index (χ2v) is 6.68. The van der Waals surface area contributed by atoms with Crippen molar-refractivity contribution in [1.29, 1.82) is 0 Å². The van der Waals surface area contributed by atoms with Crippen molar-refractivity contribution in [2.24, 2.45) is 7.05 Å². The number of fused-ring (bicyclic) bond motifs is 1. The number of aromatic nitrogens is 2. The highest BCUT2D eigenvalue weighted by molar-refractivity contribution is 5.79. The smallest absolute Gasteiger partial charge is 0.176 e. The molecule has 5 heteroatoms. The molecule has 1 saturated heterocycles. The van der Waals surface area contributed by atoms with Crippen LogP contribution in [0.1, 0.15) is 25.5 Å². The number of benzene rings is 1. The molecule has 1 unspecified atom stereocenters.